The van der Waals surface area contributed by atoms with Gasteiger partial charge in [-0.1, -0.05) is 134 Å². The molecular weight excluding hydrogens is 1550 g/mol. The fourth-order valence-electron chi connectivity index (χ4n) is 13.2. The number of phenols is 4. The van der Waals surface area contributed by atoms with Crippen molar-refractivity contribution in [3.8, 4) is 51.4 Å². The highest BCUT2D eigenvalue weighted by Crippen LogP contribution is 2.36. The van der Waals surface area contributed by atoms with Gasteiger partial charge in [-0.15, -0.1) is 0 Å². The summed E-state index contributed by atoms with van der Waals surface area (Å²) < 4.78 is 63.0. The zero-order valence-corrected chi connectivity index (χ0v) is 86.6. The number of ether oxygens (including phenoxy) is 2. The van der Waals surface area contributed by atoms with E-state index < -0.39 is 103 Å². The summed E-state index contributed by atoms with van der Waals surface area (Å²) >= 11 is 0. The normalized spacial score (nSPS) is 14.1. The largest absolute Gasteiger partial charge is 0.508 e. The van der Waals surface area contributed by atoms with Crippen LogP contribution in [0, 0.1) is 11.8 Å². The Morgan fingerprint density at radius 3 is 1.14 bits per heavy atom. The van der Waals surface area contributed by atoms with Crippen molar-refractivity contribution < 1.29 is 62.8 Å². The SMILES string of the molecule is CC.CC.CC.CC(Cc1cc(-c2ccccc2)ccc1O)C[Si](C)(O[SiH](C)C)O[Si](C)(C)C.CC(Cc1cc(Oc2ccccc2)ccc1O)C[Si](C)(O[SiH](C)C)O[Si](C)(C)C.COc1cc(CCC[Si](C)(O[Si](C)(C)C)O[Si](C)(C)C)ccc1O.C[SiH](C)O[Si](C)(CCCc1ccccc1O)O[Si](C)(C)C. The van der Waals surface area contributed by atoms with Gasteiger partial charge in [-0.3, -0.25) is 0 Å². The summed E-state index contributed by atoms with van der Waals surface area (Å²) in [6.45, 7) is 72.1. The van der Waals surface area contributed by atoms with Crippen LogP contribution in [0.15, 0.2) is 140 Å². The van der Waals surface area contributed by atoms with Crippen LogP contribution in [0.1, 0.15) is 90.5 Å². The summed E-state index contributed by atoms with van der Waals surface area (Å²) in [6, 6.07) is 48.4. The number of aryl methyl sites for hydroxylation is 2. The number of methoxy groups -OCH3 is 1. The number of rotatable bonds is 36. The average Bonchev–Trinajstić information content (AvgIpc) is 0.839. The Kier molecular flexibility index (Phi) is 48.2. The molecule has 0 heterocycles. The van der Waals surface area contributed by atoms with Crippen molar-refractivity contribution in [2.45, 2.75) is 282 Å². The van der Waals surface area contributed by atoms with E-state index in [9.17, 15) is 20.4 Å². The smallest absolute Gasteiger partial charge is 0.314 e. The van der Waals surface area contributed by atoms with Crippen LogP contribution in [0.2, 0.25) is 188 Å². The highest BCUT2D eigenvalue weighted by Gasteiger charge is 2.42. The van der Waals surface area contributed by atoms with Crippen LogP contribution in [0.4, 0.5) is 0 Å². The summed E-state index contributed by atoms with van der Waals surface area (Å²) in [5.74, 6) is 4.05. The van der Waals surface area contributed by atoms with Crippen LogP contribution in [0.5, 0.6) is 40.2 Å². The van der Waals surface area contributed by atoms with E-state index in [1.54, 1.807) is 31.4 Å². The lowest BCUT2D eigenvalue weighted by atomic mass is 9.97. The molecule has 0 aliphatic rings. The van der Waals surface area contributed by atoms with Gasteiger partial charge in [-0.25, -0.2) is 0 Å². The van der Waals surface area contributed by atoms with Crippen LogP contribution in [-0.4, -0.2) is 130 Å². The maximum atomic E-state index is 10.4. The van der Waals surface area contributed by atoms with Crippen LogP contribution in [0.3, 0.4) is 0 Å². The van der Waals surface area contributed by atoms with Gasteiger partial charge in [0.25, 0.3) is 0 Å². The summed E-state index contributed by atoms with van der Waals surface area (Å²) in [4.78, 5) is 0. The Labute approximate surface area is 674 Å². The molecule has 0 aliphatic heterocycles. The standard InChI is InChI=1S/C22H36O4Si3.C22H36O3Si3.C17H34O4Si3.C15H30O3Si3.3C2H6/c1-18(17-29(7,25-27(2)3)26-28(4,5)6)15-19-16-21(13-14-22(19)23)24-20-11-9-8-10-12-20;1-18(17-28(7,24-26(2)3)25-27(4,5)6)15-21-16-20(13-14-22(21)23)19-11-9-8-10-12-19;1-19-17-14-15(11-12-16(17)18)10-9-13-24(8,20-22(2,3)4)21-23(5,6)7;1-19(2)17-21(6,18-20(3,4)5)13-9-11-14-10-7-8-12-15(14)16;3*1-2/h8-14,16,18,23,27H,15,17H2,1-7H3;8-14,16,18,23,26H,15,17H2,1-7H3;11-12,14,18H,9-10,13H2,1-8H3;7-8,10,12,16,19H,9,11,13H2,1-6H3;3*1-2H3. The Hall–Kier alpha value is -3.60. The second-order valence-corrected chi connectivity index (χ2v) is 79.1. The van der Waals surface area contributed by atoms with Gasteiger partial charge in [-0.2, -0.15) is 0 Å². The molecule has 0 spiro atoms. The van der Waals surface area contributed by atoms with E-state index >= 15 is 0 Å². The average molecular weight is 1700 g/mol. The van der Waals surface area contributed by atoms with E-state index in [2.05, 4.69) is 196 Å². The number of benzene rings is 6. The minimum Gasteiger partial charge on any atom is -0.508 e. The van der Waals surface area contributed by atoms with Crippen molar-refractivity contribution in [2.75, 3.05) is 7.11 Å². The number of phenolic OH excluding ortho intramolecular Hbond substituents is 4. The first-order chi connectivity index (χ1) is 49.9. The monoisotopic (exact) mass is 1700 g/mol. The first kappa shape index (κ1) is 104. The lowest BCUT2D eigenvalue weighted by molar-refractivity contribution is 0.372. The summed E-state index contributed by atoms with van der Waals surface area (Å²) in [6.07, 6.45) is 5.43. The van der Waals surface area contributed by atoms with Gasteiger partial charge < -0.3 is 62.8 Å². The molecule has 5 atom stereocenters. The van der Waals surface area contributed by atoms with Crippen molar-refractivity contribution in [1.29, 1.82) is 0 Å². The van der Waals surface area contributed by atoms with Gasteiger partial charge >= 0.3 is 34.2 Å². The molecule has 0 bridgehead atoms. The molecule has 14 nitrogen and oxygen atoms in total. The van der Waals surface area contributed by atoms with E-state index in [4.69, 9.17) is 42.4 Å². The van der Waals surface area contributed by atoms with E-state index in [-0.39, 0.29) is 5.75 Å². The summed E-state index contributed by atoms with van der Waals surface area (Å²) in [7, 11) is -18.8. The molecule has 614 valence electrons. The molecule has 6 aromatic carbocycles. The lowest BCUT2D eigenvalue weighted by Crippen LogP contribution is -2.52. The fourth-order valence-corrected chi connectivity index (χ4v) is 61.0. The van der Waals surface area contributed by atoms with Gasteiger partial charge in [0.05, 0.1) is 7.11 Å². The van der Waals surface area contributed by atoms with Crippen molar-refractivity contribution in [3.05, 3.63) is 162 Å². The maximum absolute atomic E-state index is 10.4. The third-order valence-corrected chi connectivity index (χ3v) is 53.2. The van der Waals surface area contributed by atoms with Crippen LogP contribution < -0.4 is 9.47 Å². The third-order valence-electron chi connectivity index (χ3n) is 15.3. The van der Waals surface area contributed by atoms with Crippen molar-refractivity contribution in [3.63, 3.8) is 0 Å². The molecule has 0 saturated carbocycles. The topological polar surface area (TPSA) is 173 Å². The quantitative estimate of drug-likeness (QED) is 0.0274. The van der Waals surface area contributed by atoms with Gasteiger partial charge in [-0.05, 0) is 332 Å². The molecule has 26 heteroatoms. The number of hydrogen-bond donors (Lipinski definition) is 4. The van der Waals surface area contributed by atoms with Gasteiger partial charge in [0, 0.05) is 0 Å². The molecule has 6 aromatic rings. The second-order valence-electron chi connectivity index (χ2n) is 33.9. The molecule has 6 rings (SSSR count). The van der Waals surface area contributed by atoms with Crippen molar-refractivity contribution in [1.82, 2.24) is 0 Å². The predicted molar refractivity (Wildman–Crippen MR) is 495 cm³/mol. The third kappa shape index (κ3) is 47.2. The first-order valence-corrected chi connectivity index (χ1v) is 75.4. The molecule has 0 aromatic heterocycles. The van der Waals surface area contributed by atoms with Crippen LogP contribution in [-0.2, 0) is 58.6 Å². The summed E-state index contributed by atoms with van der Waals surface area (Å²) in [5.41, 5.74) is 6.40. The summed E-state index contributed by atoms with van der Waals surface area (Å²) in [5, 5.41) is 40.3. The molecule has 0 aliphatic carbocycles. The Morgan fingerprint density at radius 2 is 0.704 bits per heavy atom. The minimum atomic E-state index is -2.25. The van der Waals surface area contributed by atoms with Crippen LogP contribution >= 0.6 is 0 Å². The maximum Gasteiger partial charge on any atom is 0.314 e. The van der Waals surface area contributed by atoms with E-state index in [0.717, 1.165) is 96.5 Å². The molecule has 0 radical (unpaired) electrons. The van der Waals surface area contributed by atoms with Crippen LogP contribution in [0.25, 0.3) is 11.1 Å². The number of aromatic hydroxyl groups is 4. The Balaban J connectivity index is 0.00000139. The van der Waals surface area contributed by atoms with E-state index in [0.29, 0.717) is 34.8 Å². The molecule has 4 N–H and O–H groups in total. The highest BCUT2D eigenvalue weighted by atomic mass is 28.5. The molecule has 108 heavy (non-hydrogen) atoms. The lowest BCUT2D eigenvalue weighted by Gasteiger charge is -2.38. The zero-order chi connectivity index (χ0) is 83.3. The van der Waals surface area contributed by atoms with E-state index in [1.165, 1.54) is 11.1 Å². The molecule has 0 amide bonds. The van der Waals surface area contributed by atoms with Crippen molar-refractivity contribution in [2.24, 2.45) is 11.8 Å². The van der Waals surface area contributed by atoms with Gasteiger partial charge in [0.15, 0.2) is 80.2 Å². The predicted octanol–water partition coefficient (Wildman–Crippen LogP) is 24.9. The minimum absolute atomic E-state index is 0.185. The Morgan fingerprint density at radius 1 is 0.343 bits per heavy atom. The van der Waals surface area contributed by atoms with Crippen molar-refractivity contribution >= 4 is 103 Å². The molecule has 0 fully saturated rings. The Bertz CT molecular complexity index is 3380. The van der Waals surface area contributed by atoms with Gasteiger partial charge in [0.1, 0.15) is 28.7 Å². The highest BCUT2D eigenvalue weighted by molar-refractivity contribution is 6.88. The number of hydrogen-bond acceptors (Lipinski definition) is 14. The second kappa shape index (κ2) is 49.9. The molecular formula is C82H154O14Si12. The van der Waals surface area contributed by atoms with E-state index in [1.807, 2.05) is 139 Å². The fraction of sp³-hybridized carbons (Fsp3) is 0.561. The first-order valence-electron chi connectivity index (χ1n) is 40.0. The molecule has 5 unspecified atom stereocenters. The zero-order valence-electron chi connectivity index (χ0n) is 74.1. The number of para-hydroxylation sites is 2. The molecule has 0 saturated heterocycles. The van der Waals surface area contributed by atoms with Gasteiger partial charge in [0.2, 0.25) is 0 Å².